The highest BCUT2D eigenvalue weighted by Gasteiger charge is 2.52. The van der Waals surface area contributed by atoms with Gasteiger partial charge in [-0.25, -0.2) is 8.78 Å². The molecule has 0 spiro atoms. The Kier molecular flexibility index (Phi) is 6.69. The van der Waals surface area contributed by atoms with Gasteiger partial charge in [-0.3, -0.25) is 9.80 Å². The molecule has 0 aromatic carbocycles. The zero-order valence-electron chi connectivity index (χ0n) is 18.8. The smallest absolute Gasteiger partial charge is 0.0875 e. The van der Waals surface area contributed by atoms with E-state index in [-0.39, 0.29) is 29.3 Å². The first-order chi connectivity index (χ1) is 14.4. The molecule has 6 heteroatoms. The number of ether oxygens (including phenoxy) is 2. The van der Waals surface area contributed by atoms with Gasteiger partial charge in [0, 0.05) is 23.7 Å². The van der Waals surface area contributed by atoms with Crippen LogP contribution in [0.15, 0.2) is 23.8 Å². The number of nitrogens with zero attached hydrogens (tertiary/aromatic N) is 2. The fourth-order valence-corrected chi connectivity index (χ4v) is 6.38. The highest BCUT2D eigenvalue weighted by Crippen LogP contribution is 2.47. The second-order valence-electron chi connectivity index (χ2n) is 10.3. The highest BCUT2D eigenvalue weighted by atomic mass is 19.1. The Bertz CT molecular complexity index is 682. The molecule has 4 aliphatic heterocycles. The molecule has 4 saturated heterocycles. The molecule has 0 saturated carbocycles. The zero-order valence-corrected chi connectivity index (χ0v) is 18.8. The van der Waals surface area contributed by atoms with Gasteiger partial charge < -0.3 is 9.47 Å². The van der Waals surface area contributed by atoms with Crippen molar-refractivity contribution in [2.24, 2.45) is 0 Å². The van der Waals surface area contributed by atoms with Gasteiger partial charge in [0.15, 0.2) is 0 Å². The fraction of sp³-hybridized carbons (Fsp3) is 0.833. The summed E-state index contributed by atoms with van der Waals surface area (Å²) in [5.41, 5.74) is 1.68. The summed E-state index contributed by atoms with van der Waals surface area (Å²) < 4.78 is 39.3. The van der Waals surface area contributed by atoms with Crippen molar-refractivity contribution in [2.45, 2.75) is 95.0 Å². The normalized spacial score (nSPS) is 38.3. The molecule has 4 aliphatic rings. The van der Waals surface area contributed by atoms with Gasteiger partial charge in [0.2, 0.25) is 0 Å². The van der Waals surface area contributed by atoms with E-state index >= 15 is 0 Å². The number of rotatable bonds is 8. The van der Waals surface area contributed by atoms with Gasteiger partial charge in [0.25, 0.3) is 0 Å². The van der Waals surface area contributed by atoms with Gasteiger partial charge in [-0.05, 0) is 90.0 Å². The summed E-state index contributed by atoms with van der Waals surface area (Å²) in [4.78, 5) is 4.88. The first-order valence-electron chi connectivity index (χ1n) is 11.7. The maximum atomic E-state index is 13.8. The predicted molar refractivity (Wildman–Crippen MR) is 115 cm³/mol. The number of hydrogen-bond donors (Lipinski definition) is 0. The Balaban J connectivity index is 1.38. The third-order valence-corrected chi connectivity index (χ3v) is 7.85. The van der Waals surface area contributed by atoms with E-state index in [9.17, 15) is 8.78 Å². The minimum absolute atomic E-state index is 0.0302. The molecule has 4 heterocycles. The molecule has 0 aromatic heterocycles. The molecule has 2 unspecified atom stereocenters. The van der Waals surface area contributed by atoms with Crippen molar-refractivity contribution < 1.29 is 18.3 Å². The topological polar surface area (TPSA) is 24.9 Å². The zero-order chi connectivity index (χ0) is 21.4. The Hall–Kier alpha value is -0.820. The Morgan fingerprint density at radius 1 is 1.00 bits per heavy atom. The first-order valence-corrected chi connectivity index (χ1v) is 11.7. The van der Waals surface area contributed by atoms with Crippen LogP contribution in [0.5, 0.6) is 0 Å². The van der Waals surface area contributed by atoms with E-state index in [0.29, 0.717) is 13.2 Å². The Morgan fingerprint density at radius 3 is 2.47 bits per heavy atom. The van der Waals surface area contributed by atoms with Gasteiger partial charge in [-0.2, -0.15) is 0 Å². The van der Waals surface area contributed by atoms with Crippen LogP contribution < -0.4 is 0 Å². The molecule has 0 bridgehead atoms. The molecule has 4 atom stereocenters. The molecular formula is C24H38F2N2O2. The molecule has 4 rings (SSSR count). The van der Waals surface area contributed by atoms with Crippen molar-refractivity contribution >= 4 is 0 Å². The van der Waals surface area contributed by atoms with Crippen molar-refractivity contribution in [3.63, 3.8) is 0 Å². The van der Waals surface area contributed by atoms with Crippen LogP contribution in [-0.4, -0.2) is 72.0 Å². The van der Waals surface area contributed by atoms with Crippen LogP contribution in [0.3, 0.4) is 0 Å². The third-order valence-electron chi connectivity index (χ3n) is 7.85. The molecule has 30 heavy (non-hydrogen) atoms. The van der Waals surface area contributed by atoms with Crippen molar-refractivity contribution in [1.82, 2.24) is 9.80 Å². The van der Waals surface area contributed by atoms with Crippen LogP contribution in [0.1, 0.15) is 65.7 Å². The van der Waals surface area contributed by atoms with Crippen LogP contribution in [0, 0.1) is 0 Å². The minimum Gasteiger partial charge on any atom is -0.377 e. The first kappa shape index (κ1) is 22.4. The summed E-state index contributed by atoms with van der Waals surface area (Å²) in [5.74, 6) is 0. The van der Waals surface area contributed by atoms with E-state index in [1.54, 1.807) is 0 Å². The molecule has 4 nitrogen and oxygen atoms in total. The van der Waals surface area contributed by atoms with E-state index in [2.05, 4.69) is 30.6 Å². The Morgan fingerprint density at radius 2 is 1.73 bits per heavy atom. The molecule has 170 valence electrons. The fourth-order valence-electron chi connectivity index (χ4n) is 6.38. The van der Waals surface area contributed by atoms with E-state index in [0.717, 1.165) is 88.4 Å². The predicted octanol–water partition coefficient (Wildman–Crippen LogP) is 4.76. The summed E-state index contributed by atoms with van der Waals surface area (Å²) in [5, 5.41) is 0. The van der Waals surface area contributed by atoms with Gasteiger partial charge >= 0.3 is 0 Å². The number of halogens is 2. The average Bonchev–Trinajstić information content (AvgIpc) is 3.44. The van der Waals surface area contributed by atoms with Crippen molar-refractivity contribution in [2.75, 3.05) is 32.8 Å². The Labute approximate surface area is 180 Å². The highest BCUT2D eigenvalue weighted by molar-refractivity contribution is 5.25. The van der Waals surface area contributed by atoms with Crippen LogP contribution in [0.2, 0.25) is 0 Å². The lowest BCUT2D eigenvalue weighted by Gasteiger charge is -2.36. The van der Waals surface area contributed by atoms with E-state index in [4.69, 9.17) is 9.47 Å². The molecule has 0 radical (unpaired) electrons. The number of hydrogen-bond acceptors (Lipinski definition) is 4. The molecule has 4 fully saturated rings. The summed E-state index contributed by atoms with van der Waals surface area (Å²) in [6.45, 7) is 10.3. The number of fused-ring (bicyclic) bond motifs is 2. The summed E-state index contributed by atoms with van der Waals surface area (Å²) in [7, 11) is 0. The maximum absolute atomic E-state index is 13.8. The van der Waals surface area contributed by atoms with Gasteiger partial charge in [-0.15, -0.1) is 0 Å². The van der Waals surface area contributed by atoms with Gasteiger partial charge in [0.1, 0.15) is 0 Å². The molecule has 0 amide bonds. The third kappa shape index (κ3) is 4.13. The average molecular weight is 425 g/mol. The summed E-state index contributed by atoms with van der Waals surface area (Å²) >= 11 is 0. The lowest BCUT2D eigenvalue weighted by atomic mass is 9.92. The molecular weight excluding hydrogens is 386 g/mol. The lowest BCUT2D eigenvalue weighted by Crippen LogP contribution is -2.47. The quantitative estimate of drug-likeness (QED) is 0.561. The molecule has 0 aliphatic carbocycles. The SMILES string of the molecule is CC(C)OC[C@@]12CCCN1C(CC(C)OC[C@@]13CCCN1C/C(=C\F)C3)/C(=C/F)C2. The van der Waals surface area contributed by atoms with Gasteiger partial charge in [-0.1, -0.05) is 0 Å². The lowest BCUT2D eigenvalue weighted by molar-refractivity contribution is -0.0291. The van der Waals surface area contributed by atoms with Crippen molar-refractivity contribution in [3.05, 3.63) is 23.8 Å². The van der Waals surface area contributed by atoms with Crippen molar-refractivity contribution in [1.29, 1.82) is 0 Å². The molecule has 0 aromatic rings. The maximum Gasteiger partial charge on any atom is 0.0875 e. The van der Waals surface area contributed by atoms with E-state index in [1.807, 2.05) is 0 Å². The monoisotopic (exact) mass is 424 g/mol. The molecule has 0 N–H and O–H groups in total. The second-order valence-corrected chi connectivity index (χ2v) is 10.3. The van der Waals surface area contributed by atoms with Crippen molar-refractivity contribution in [3.8, 4) is 0 Å². The largest absolute Gasteiger partial charge is 0.377 e. The van der Waals surface area contributed by atoms with Gasteiger partial charge in [0.05, 0.1) is 38.1 Å². The minimum atomic E-state index is -0.0558. The van der Waals surface area contributed by atoms with E-state index < -0.39 is 0 Å². The van der Waals surface area contributed by atoms with Crippen LogP contribution in [0.25, 0.3) is 0 Å². The standard InChI is InChI=1S/C24H38F2N2O2/c1-18(2)29-17-24-7-5-9-28(24)22(21(12-24)14-26)10-19(3)30-16-23-6-4-8-27(23)15-20(11-23)13-25/h13-14,18-19,22H,4-12,15-17H2,1-3H3/b20-13-,21-14+/t19?,22?,23-,24-/m0/s1. The summed E-state index contributed by atoms with van der Waals surface area (Å²) in [6, 6.07) is 0.0883. The van der Waals surface area contributed by atoms with Crippen LogP contribution >= 0.6 is 0 Å². The van der Waals surface area contributed by atoms with Crippen LogP contribution in [-0.2, 0) is 9.47 Å². The summed E-state index contributed by atoms with van der Waals surface area (Å²) in [6.07, 6.45) is 8.59. The van der Waals surface area contributed by atoms with E-state index in [1.165, 1.54) is 0 Å². The second kappa shape index (κ2) is 8.97. The van der Waals surface area contributed by atoms with Crippen LogP contribution in [0.4, 0.5) is 8.78 Å².